The first kappa shape index (κ1) is 20.9. The van der Waals surface area contributed by atoms with E-state index >= 15 is 0 Å². The van der Waals surface area contributed by atoms with Gasteiger partial charge in [-0.1, -0.05) is 43.2 Å². The maximum absolute atomic E-state index is 13.5. The highest BCUT2D eigenvalue weighted by Gasteiger charge is 2.50. The monoisotopic (exact) mass is 406 g/mol. The molecule has 1 aliphatic carbocycles. The van der Waals surface area contributed by atoms with Crippen LogP contribution in [0.25, 0.3) is 0 Å². The van der Waals surface area contributed by atoms with E-state index in [0.717, 1.165) is 49.9 Å². The van der Waals surface area contributed by atoms with Crippen LogP contribution in [-0.4, -0.2) is 41.1 Å². The van der Waals surface area contributed by atoms with Crippen LogP contribution >= 0.6 is 0 Å². The zero-order valence-corrected chi connectivity index (χ0v) is 18.3. The molecule has 0 unspecified atom stereocenters. The second-order valence-electron chi connectivity index (χ2n) is 8.78. The Hall–Kier alpha value is -2.33. The number of hydrogen-bond donors (Lipinski definition) is 1. The molecule has 4 rings (SSSR count). The third kappa shape index (κ3) is 3.85. The number of rotatable bonds is 5. The molecule has 0 bridgehead atoms. The Morgan fingerprint density at radius 2 is 1.73 bits per heavy atom. The SMILES string of the molecule is CCN(CC)c1ccc([C@H]2[C@@H]3CCCC[C@@]3(O)CCN2C(=O)c2ccccc2)cc1. The predicted octanol–water partition coefficient (Wildman–Crippen LogP) is 5.04. The first-order valence-corrected chi connectivity index (χ1v) is 11.5. The van der Waals surface area contributed by atoms with E-state index in [2.05, 4.69) is 43.0 Å². The van der Waals surface area contributed by atoms with Crippen LogP contribution in [-0.2, 0) is 0 Å². The number of likely N-dealkylation sites (tertiary alicyclic amines) is 1. The average molecular weight is 407 g/mol. The molecule has 0 radical (unpaired) electrons. The van der Waals surface area contributed by atoms with Crippen molar-refractivity contribution < 1.29 is 9.90 Å². The third-order valence-electron chi connectivity index (χ3n) is 7.21. The molecule has 1 saturated heterocycles. The number of carbonyl (C=O) groups excluding carboxylic acids is 1. The van der Waals surface area contributed by atoms with Gasteiger partial charge in [0.25, 0.3) is 5.91 Å². The Morgan fingerprint density at radius 1 is 1.03 bits per heavy atom. The summed E-state index contributed by atoms with van der Waals surface area (Å²) in [7, 11) is 0. The van der Waals surface area contributed by atoms with Gasteiger partial charge in [0.1, 0.15) is 0 Å². The van der Waals surface area contributed by atoms with Gasteiger partial charge in [-0.15, -0.1) is 0 Å². The molecule has 1 N–H and O–H groups in total. The zero-order chi connectivity index (χ0) is 21.1. The number of nitrogens with zero attached hydrogens (tertiary/aromatic N) is 2. The number of amides is 1. The summed E-state index contributed by atoms with van der Waals surface area (Å²) in [5.74, 6) is 0.160. The molecule has 30 heavy (non-hydrogen) atoms. The topological polar surface area (TPSA) is 43.8 Å². The molecule has 4 heteroatoms. The summed E-state index contributed by atoms with van der Waals surface area (Å²) in [6, 6.07) is 18.2. The van der Waals surface area contributed by atoms with Gasteiger partial charge >= 0.3 is 0 Å². The molecule has 3 atom stereocenters. The van der Waals surface area contributed by atoms with Gasteiger partial charge in [0.2, 0.25) is 0 Å². The number of fused-ring (bicyclic) bond motifs is 1. The van der Waals surface area contributed by atoms with E-state index < -0.39 is 5.60 Å². The van der Waals surface area contributed by atoms with Crippen LogP contribution in [0.2, 0.25) is 0 Å². The molecule has 2 fully saturated rings. The molecular weight excluding hydrogens is 372 g/mol. The maximum atomic E-state index is 13.5. The molecule has 2 aromatic carbocycles. The average Bonchev–Trinajstić information content (AvgIpc) is 2.79. The Labute approximate surface area is 180 Å². The molecule has 1 saturated carbocycles. The highest BCUT2D eigenvalue weighted by Crippen LogP contribution is 2.49. The van der Waals surface area contributed by atoms with Crippen molar-refractivity contribution in [1.82, 2.24) is 4.90 Å². The van der Waals surface area contributed by atoms with Crippen LogP contribution in [0.5, 0.6) is 0 Å². The number of aliphatic hydroxyl groups is 1. The van der Waals surface area contributed by atoms with E-state index in [0.29, 0.717) is 13.0 Å². The van der Waals surface area contributed by atoms with Gasteiger partial charge in [0, 0.05) is 36.8 Å². The smallest absolute Gasteiger partial charge is 0.254 e. The van der Waals surface area contributed by atoms with Crippen molar-refractivity contribution in [3.8, 4) is 0 Å². The lowest BCUT2D eigenvalue weighted by Gasteiger charge is -2.52. The van der Waals surface area contributed by atoms with Gasteiger partial charge in [0.05, 0.1) is 11.6 Å². The minimum atomic E-state index is -0.659. The first-order valence-electron chi connectivity index (χ1n) is 11.5. The van der Waals surface area contributed by atoms with Crippen molar-refractivity contribution in [2.45, 2.75) is 57.6 Å². The van der Waals surface area contributed by atoms with E-state index in [9.17, 15) is 9.90 Å². The maximum Gasteiger partial charge on any atom is 0.254 e. The van der Waals surface area contributed by atoms with Crippen LogP contribution in [0.3, 0.4) is 0 Å². The van der Waals surface area contributed by atoms with Gasteiger partial charge in [0.15, 0.2) is 0 Å². The largest absolute Gasteiger partial charge is 0.389 e. The fourth-order valence-electron chi connectivity index (χ4n) is 5.54. The van der Waals surface area contributed by atoms with Gasteiger partial charge in [-0.3, -0.25) is 4.79 Å². The predicted molar refractivity (Wildman–Crippen MR) is 122 cm³/mol. The molecule has 1 aliphatic heterocycles. The second kappa shape index (κ2) is 8.81. The minimum Gasteiger partial charge on any atom is -0.389 e. The van der Waals surface area contributed by atoms with Gasteiger partial charge < -0.3 is 14.9 Å². The Balaban J connectivity index is 1.71. The lowest BCUT2D eigenvalue weighted by atomic mass is 9.66. The molecule has 2 aliphatic rings. The first-order chi connectivity index (χ1) is 14.6. The van der Waals surface area contributed by atoms with Crippen molar-refractivity contribution >= 4 is 11.6 Å². The second-order valence-corrected chi connectivity index (χ2v) is 8.78. The van der Waals surface area contributed by atoms with Gasteiger partial charge in [-0.25, -0.2) is 0 Å². The normalized spacial score (nSPS) is 26.2. The Bertz CT molecular complexity index is 847. The van der Waals surface area contributed by atoms with E-state index in [4.69, 9.17) is 0 Å². The molecule has 2 aromatic rings. The van der Waals surface area contributed by atoms with Crippen LogP contribution < -0.4 is 4.90 Å². The lowest BCUT2D eigenvalue weighted by Crippen LogP contribution is -2.56. The quantitative estimate of drug-likeness (QED) is 0.756. The zero-order valence-electron chi connectivity index (χ0n) is 18.3. The summed E-state index contributed by atoms with van der Waals surface area (Å²) < 4.78 is 0. The standard InChI is InChI=1S/C26H34N2O2/c1-3-27(4-2)22-15-13-20(14-16-22)24-23-12-8-9-17-26(23,30)18-19-28(24)25(29)21-10-6-5-7-11-21/h5-7,10-11,13-16,23-24,30H,3-4,8-9,12,17-19H2,1-2H3/t23-,24-,26+/m0/s1. The van der Waals surface area contributed by atoms with Crippen molar-refractivity contribution in [3.05, 3.63) is 65.7 Å². The van der Waals surface area contributed by atoms with Crippen LogP contribution in [0, 0.1) is 5.92 Å². The van der Waals surface area contributed by atoms with Crippen molar-refractivity contribution in [2.24, 2.45) is 5.92 Å². The fraction of sp³-hybridized carbons (Fsp3) is 0.500. The summed E-state index contributed by atoms with van der Waals surface area (Å²) in [5, 5.41) is 11.5. The summed E-state index contributed by atoms with van der Waals surface area (Å²) >= 11 is 0. The number of carbonyl (C=O) groups is 1. The fourth-order valence-corrected chi connectivity index (χ4v) is 5.54. The molecule has 160 valence electrons. The highest BCUT2D eigenvalue weighted by atomic mass is 16.3. The van der Waals surface area contributed by atoms with E-state index in [1.165, 1.54) is 5.69 Å². The van der Waals surface area contributed by atoms with Crippen LogP contribution in [0.1, 0.15) is 67.9 Å². The van der Waals surface area contributed by atoms with Crippen molar-refractivity contribution in [3.63, 3.8) is 0 Å². The van der Waals surface area contributed by atoms with Gasteiger partial charge in [-0.05, 0) is 62.9 Å². The van der Waals surface area contributed by atoms with Crippen molar-refractivity contribution in [2.75, 3.05) is 24.5 Å². The van der Waals surface area contributed by atoms with Crippen LogP contribution in [0.15, 0.2) is 54.6 Å². The number of anilines is 1. The summed E-state index contributed by atoms with van der Waals surface area (Å²) in [4.78, 5) is 17.8. The van der Waals surface area contributed by atoms with E-state index in [1.807, 2.05) is 35.2 Å². The Morgan fingerprint density at radius 3 is 2.40 bits per heavy atom. The summed E-state index contributed by atoms with van der Waals surface area (Å²) in [5.41, 5.74) is 2.41. The van der Waals surface area contributed by atoms with Crippen molar-refractivity contribution in [1.29, 1.82) is 0 Å². The number of piperidine rings is 1. The third-order valence-corrected chi connectivity index (χ3v) is 7.21. The summed E-state index contributed by atoms with van der Waals surface area (Å²) in [6.07, 6.45) is 4.68. The molecule has 0 aromatic heterocycles. The molecule has 0 spiro atoms. The van der Waals surface area contributed by atoms with Gasteiger partial charge in [-0.2, -0.15) is 0 Å². The Kier molecular flexibility index (Phi) is 6.14. The molecule has 1 amide bonds. The van der Waals surface area contributed by atoms with E-state index in [1.54, 1.807) is 0 Å². The van der Waals surface area contributed by atoms with E-state index in [-0.39, 0.29) is 17.9 Å². The van der Waals surface area contributed by atoms with Crippen LogP contribution in [0.4, 0.5) is 5.69 Å². The molecule has 1 heterocycles. The molecular formula is C26H34N2O2. The molecule has 4 nitrogen and oxygen atoms in total. The summed E-state index contributed by atoms with van der Waals surface area (Å²) in [6.45, 7) is 6.88. The number of hydrogen-bond acceptors (Lipinski definition) is 3. The lowest BCUT2D eigenvalue weighted by molar-refractivity contribution is -0.115. The highest BCUT2D eigenvalue weighted by molar-refractivity contribution is 5.94. The minimum absolute atomic E-state index is 0.0704. The number of benzene rings is 2.